The van der Waals surface area contributed by atoms with E-state index in [1.807, 2.05) is 0 Å². The van der Waals surface area contributed by atoms with E-state index < -0.39 is 40.8 Å². The van der Waals surface area contributed by atoms with E-state index in [2.05, 4.69) is 4.74 Å². The van der Waals surface area contributed by atoms with Crippen molar-refractivity contribution in [3.63, 3.8) is 0 Å². The first kappa shape index (κ1) is 33.7. The van der Waals surface area contributed by atoms with Crippen LogP contribution < -0.4 is 0 Å². The summed E-state index contributed by atoms with van der Waals surface area (Å²) < 4.78 is 140. The third-order valence-electron chi connectivity index (χ3n) is 5.80. The summed E-state index contributed by atoms with van der Waals surface area (Å²) in [4.78, 5) is 0. The van der Waals surface area contributed by atoms with Crippen LogP contribution in [0.4, 0.5) is 35.1 Å². The summed E-state index contributed by atoms with van der Waals surface area (Å²) in [5, 5.41) is -5.79. The van der Waals surface area contributed by atoms with Crippen molar-refractivity contribution in [3.8, 4) is 0 Å². The molecule has 0 amide bonds. The molecule has 0 aromatic carbocycles. The third-order valence-corrected chi connectivity index (χ3v) is 14.9. The van der Waals surface area contributed by atoms with Crippen molar-refractivity contribution in [1.29, 1.82) is 0 Å². The fraction of sp³-hybridized carbons (Fsp3) is 1.00. The van der Waals surface area contributed by atoms with Gasteiger partial charge in [-0.3, -0.25) is 0 Å². The second-order valence-electron chi connectivity index (χ2n) is 8.71. The topological polar surface area (TPSA) is 52.6 Å². The Labute approximate surface area is 197 Å². The Morgan fingerprint density at radius 1 is 0.706 bits per heavy atom. The maximum absolute atomic E-state index is 14.6. The van der Waals surface area contributed by atoms with Crippen LogP contribution in [0.2, 0.25) is 0 Å². The number of hydrogen-bond donors (Lipinski definition) is 0. The molecule has 0 aliphatic heterocycles. The second kappa shape index (κ2) is 12.8. The summed E-state index contributed by atoms with van der Waals surface area (Å²) in [6.45, 7) is 3.19. The molecule has 14 heteroatoms. The van der Waals surface area contributed by atoms with Gasteiger partial charge < -0.3 is 0 Å². The van der Waals surface area contributed by atoms with E-state index in [1.165, 1.54) is 0 Å². The number of halogens is 8. The number of ether oxygens (including phenoxy) is 1. The zero-order chi connectivity index (χ0) is 26.9. The standard InChI is InChI=1S/C20H37F8O4PS/c1-5-9-13-33(14-10-6-2,15-11-7-3,16-12-8-4)32-34(29,30)18(22,23)17(21)31-20(27,28)19(24,25)26/h17H,5-16H2,1-4H3. The molecule has 4 nitrogen and oxygen atoms in total. The van der Waals surface area contributed by atoms with Crippen LogP contribution in [0.25, 0.3) is 0 Å². The van der Waals surface area contributed by atoms with Crippen molar-refractivity contribution in [3.05, 3.63) is 0 Å². The average molecular weight is 557 g/mol. The first-order valence-corrected chi connectivity index (χ1v) is 15.8. The molecule has 0 radical (unpaired) electrons. The molecule has 0 aromatic rings. The van der Waals surface area contributed by atoms with Crippen LogP contribution in [0.5, 0.6) is 0 Å². The van der Waals surface area contributed by atoms with Crippen molar-refractivity contribution < 1.29 is 52.2 Å². The minimum atomic E-state index is -6.53. The number of hydrogen-bond acceptors (Lipinski definition) is 4. The maximum atomic E-state index is 14.6. The fourth-order valence-corrected chi connectivity index (χ4v) is 13.6. The molecule has 34 heavy (non-hydrogen) atoms. The van der Waals surface area contributed by atoms with E-state index in [4.69, 9.17) is 3.97 Å². The quantitative estimate of drug-likeness (QED) is 0.127. The Morgan fingerprint density at radius 2 is 1.03 bits per heavy atom. The molecule has 0 fully saturated rings. The molecule has 0 heterocycles. The van der Waals surface area contributed by atoms with Crippen LogP contribution in [-0.4, -0.2) is 57.0 Å². The van der Waals surface area contributed by atoms with E-state index in [0.717, 1.165) is 0 Å². The van der Waals surface area contributed by atoms with Crippen LogP contribution >= 0.6 is 6.83 Å². The molecule has 0 aliphatic carbocycles. The molecule has 0 rings (SSSR count). The average Bonchev–Trinajstić information content (AvgIpc) is 2.72. The van der Waals surface area contributed by atoms with E-state index in [-0.39, 0.29) is 24.6 Å². The van der Waals surface area contributed by atoms with Crippen molar-refractivity contribution in [2.45, 2.75) is 103 Å². The summed E-state index contributed by atoms with van der Waals surface area (Å²) in [5.74, 6) is 0. The van der Waals surface area contributed by atoms with Gasteiger partial charge in [-0.05, 0) is 0 Å². The summed E-state index contributed by atoms with van der Waals surface area (Å²) in [6.07, 6.45) is -13.0. The van der Waals surface area contributed by atoms with Gasteiger partial charge in [0, 0.05) is 0 Å². The van der Waals surface area contributed by atoms with Gasteiger partial charge in [0.15, 0.2) is 0 Å². The van der Waals surface area contributed by atoms with E-state index in [1.54, 1.807) is 27.7 Å². The van der Waals surface area contributed by atoms with Gasteiger partial charge >= 0.3 is 197 Å². The Balaban J connectivity index is 6.54. The van der Waals surface area contributed by atoms with Crippen LogP contribution in [0.1, 0.15) is 79.1 Å². The number of unbranched alkanes of at least 4 members (excludes halogenated alkanes) is 4. The summed E-state index contributed by atoms with van der Waals surface area (Å²) in [5.41, 5.74) is 0. The zero-order valence-corrected chi connectivity index (χ0v) is 21.8. The molecular formula is C20H37F8O4PS. The Hall–Kier alpha value is -0.260. The monoisotopic (exact) mass is 556 g/mol. The fourth-order valence-electron chi connectivity index (χ4n) is 3.76. The first-order valence-electron chi connectivity index (χ1n) is 11.5. The van der Waals surface area contributed by atoms with Gasteiger partial charge in [0.25, 0.3) is 0 Å². The van der Waals surface area contributed by atoms with Gasteiger partial charge in [-0.15, -0.1) is 0 Å². The van der Waals surface area contributed by atoms with E-state index in [9.17, 15) is 43.5 Å². The molecule has 0 aromatic heterocycles. The third kappa shape index (κ3) is 8.40. The van der Waals surface area contributed by atoms with Crippen molar-refractivity contribution in [2.24, 2.45) is 0 Å². The van der Waals surface area contributed by atoms with Crippen molar-refractivity contribution in [2.75, 3.05) is 24.6 Å². The Bertz CT molecular complexity index is 672. The summed E-state index contributed by atoms with van der Waals surface area (Å²) >= 11 is 0. The molecule has 1 atom stereocenters. The SMILES string of the molecule is CCCCP(CCCC)(CCCC)(CCCC)OS(=O)(=O)C(F)(F)C(F)OC(F)(F)C(F)(F)F. The predicted octanol–water partition coefficient (Wildman–Crippen LogP) is 8.06. The molecule has 208 valence electrons. The summed E-state index contributed by atoms with van der Waals surface area (Å²) in [6, 6.07) is 0. The van der Waals surface area contributed by atoms with E-state index >= 15 is 0 Å². The Morgan fingerprint density at radius 3 is 1.29 bits per heavy atom. The van der Waals surface area contributed by atoms with Crippen LogP contribution in [0.15, 0.2) is 0 Å². The van der Waals surface area contributed by atoms with Crippen LogP contribution in [0, 0.1) is 0 Å². The second-order valence-corrected chi connectivity index (χ2v) is 16.3. The molecule has 0 saturated heterocycles. The van der Waals surface area contributed by atoms with E-state index in [0.29, 0.717) is 51.4 Å². The summed E-state index contributed by atoms with van der Waals surface area (Å²) in [7, 11) is -6.29. The van der Waals surface area contributed by atoms with Gasteiger partial charge in [0.2, 0.25) is 0 Å². The van der Waals surface area contributed by atoms with Gasteiger partial charge in [-0.1, -0.05) is 0 Å². The number of rotatable bonds is 18. The van der Waals surface area contributed by atoms with Gasteiger partial charge in [-0.25, -0.2) is 0 Å². The van der Waals surface area contributed by atoms with Gasteiger partial charge in [0.05, 0.1) is 0 Å². The normalized spacial score (nSPS) is 16.3. The first-order chi connectivity index (χ1) is 15.4. The molecule has 0 saturated carbocycles. The molecule has 0 N–H and O–H groups in total. The molecular weight excluding hydrogens is 519 g/mol. The molecule has 0 spiro atoms. The number of alkyl halides is 8. The molecule has 0 bridgehead atoms. The molecule has 1 unspecified atom stereocenters. The predicted molar refractivity (Wildman–Crippen MR) is 118 cm³/mol. The minimum absolute atomic E-state index is 0.147. The van der Waals surface area contributed by atoms with Crippen LogP contribution in [-0.2, 0) is 18.8 Å². The van der Waals surface area contributed by atoms with Gasteiger partial charge in [-0.2, -0.15) is 0 Å². The zero-order valence-electron chi connectivity index (χ0n) is 20.1. The van der Waals surface area contributed by atoms with Gasteiger partial charge in [0.1, 0.15) is 0 Å². The molecule has 0 aliphatic rings. The Kier molecular flexibility index (Phi) is 12.7. The van der Waals surface area contributed by atoms with Crippen molar-refractivity contribution in [1.82, 2.24) is 0 Å². The van der Waals surface area contributed by atoms with Crippen molar-refractivity contribution >= 4 is 16.9 Å². The van der Waals surface area contributed by atoms with Crippen LogP contribution in [0.3, 0.4) is 0 Å².